The highest BCUT2D eigenvalue weighted by molar-refractivity contribution is 6.16. The number of rotatable bonds is 6. The summed E-state index contributed by atoms with van der Waals surface area (Å²) in [4.78, 5) is 2.51. The lowest BCUT2D eigenvalue weighted by atomic mass is 9.68. The Hall–Kier alpha value is -7.68. The molecule has 0 aliphatic heterocycles. The molecule has 2 heteroatoms. The first kappa shape index (κ1) is 33.5. The molecule has 0 saturated carbocycles. The van der Waals surface area contributed by atoms with Gasteiger partial charge in [-0.1, -0.05) is 194 Å². The van der Waals surface area contributed by atoms with Crippen molar-refractivity contribution in [3.8, 4) is 22.3 Å². The number of hydrogen-bond acceptors (Lipinski definition) is 2. The number of furan rings is 1. The zero-order valence-corrected chi connectivity index (χ0v) is 32.2. The molecule has 1 aliphatic rings. The summed E-state index contributed by atoms with van der Waals surface area (Å²) in [5.74, 6) is 0. The zero-order chi connectivity index (χ0) is 38.9. The quantitative estimate of drug-likeness (QED) is 0.157. The summed E-state index contributed by atoms with van der Waals surface area (Å²) in [6, 6.07) is 81.9. The molecule has 0 radical (unpaired) electrons. The third-order valence-electron chi connectivity index (χ3n) is 12.5. The molecule has 1 aromatic heterocycles. The standard InChI is InChI=1S/C57H37NO/c1-3-20-40(21-4-1)57(41-22-5-2-6-23-41)50-32-13-11-29-49(50)55-51(57)33-17-34-52(55)58(53-37-39-18-7-8-25-43(39)45-26-9-10-27-46(45)53)42-24-15-19-38(36-42)44-30-16-31-48-47-28-12-14-35-54(47)59-56(44)48/h1-37H. The van der Waals surface area contributed by atoms with Crippen LogP contribution < -0.4 is 4.90 Å². The first-order valence-electron chi connectivity index (χ1n) is 20.3. The highest BCUT2D eigenvalue weighted by atomic mass is 16.3. The van der Waals surface area contributed by atoms with E-state index in [9.17, 15) is 0 Å². The lowest BCUT2D eigenvalue weighted by Gasteiger charge is -2.34. The van der Waals surface area contributed by atoms with E-state index in [2.05, 4.69) is 223 Å². The summed E-state index contributed by atoms with van der Waals surface area (Å²) in [5, 5.41) is 7.11. The second kappa shape index (κ2) is 13.2. The summed E-state index contributed by atoms with van der Waals surface area (Å²) in [6.45, 7) is 0. The minimum absolute atomic E-state index is 0.527. The van der Waals surface area contributed by atoms with Crippen molar-refractivity contribution in [2.24, 2.45) is 0 Å². The molecule has 276 valence electrons. The van der Waals surface area contributed by atoms with Crippen LogP contribution in [-0.2, 0) is 5.41 Å². The maximum Gasteiger partial charge on any atom is 0.143 e. The molecule has 1 aliphatic carbocycles. The average molecular weight is 752 g/mol. The molecule has 0 amide bonds. The molecule has 0 atom stereocenters. The number of benzene rings is 10. The molecule has 0 N–H and O–H groups in total. The Kier molecular flexibility index (Phi) is 7.48. The third kappa shape index (κ3) is 4.93. The van der Waals surface area contributed by atoms with E-state index in [0.29, 0.717) is 0 Å². The van der Waals surface area contributed by atoms with Crippen LogP contribution in [0.1, 0.15) is 22.3 Å². The predicted octanol–water partition coefficient (Wildman–Crippen LogP) is 15.4. The number of fused-ring (bicyclic) bond motifs is 9. The van der Waals surface area contributed by atoms with Crippen molar-refractivity contribution in [2.45, 2.75) is 5.41 Å². The van der Waals surface area contributed by atoms with Gasteiger partial charge in [0.2, 0.25) is 0 Å². The third-order valence-corrected chi connectivity index (χ3v) is 12.5. The monoisotopic (exact) mass is 751 g/mol. The van der Waals surface area contributed by atoms with E-state index in [4.69, 9.17) is 4.42 Å². The van der Waals surface area contributed by atoms with Crippen molar-refractivity contribution in [1.29, 1.82) is 0 Å². The molecule has 0 saturated heterocycles. The molecule has 10 aromatic carbocycles. The van der Waals surface area contributed by atoms with Gasteiger partial charge in [0.15, 0.2) is 0 Å². The Bertz CT molecular complexity index is 3360. The van der Waals surface area contributed by atoms with Crippen molar-refractivity contribution in [3.05, 3.63) is 247 Å². The number of nitrogens with zero attached hydrogens (tertiary/aromatic N) is 1. The number of hydrogen-bond donors (Lipinski definition) is 0. The van der Waals surface area contributed by atoms with E-state index in [-0.39, 0.29) is 0 Å². The fourth-order valence-electron chi connectivity index (χ4n) is 10.1. The normalized spacial score (nSPS) is 12.9. The Morgan fingerprint density at radius 2 is 0.966 bits per heavy atom. The summed E-state index contributed by atoms with van der Waals surface area (Å²) in [7, 11) is 0. The van der Waals surface area contributed by atoms with Crippen molar-refractivity contribution in [1.82, 2.24) is 0 Å². The van der Waals surface area contributed by atoms with Gasteiger partial charge in [-0.3, -0.25) is 0 Å². The van der Waals surface area contributed by atoms with Crippen LogP contribution in [0.25, 0.3) is 65.7 Å². The van der Waals surface area contributed by atoms with Crippen LogP contribution in [0.4, 0.5) is 17.1 Å². The summed E-state index contributed by atoms with van der Waals surface area (Å²) < 4.78 is 6.61. The highest BCUT2D eigenvalue weighted by Crippen LogP contribution is 2.60. The van der Waals surface area contributed by atoms with E-state index in [0.717, 1.165) is 50.1 Å². The lowest BCUT2D eigenvalue weighted by molar-refractivity contribution is 0.670. The smallest absolute Gasteiger partial charge is 0.143 e. The van der Waals surface area contributed by atoms with Crippen LogP contribution in [0.15, 0.2) is 229 Å². The Balaban J connectivity index is 1.18. The number of anilines is 3. The van der Waals surface area contributed by atoms with Gasteiger partial charge in [0.1, 0.15) is 11.2 Å². The van der Waals surface area contributed by atoms with Gasteiger partial charge >= 0.3 is 0 Å². The molecule has 12 rings (SSSR count). The first-order chi connectivity index (χ1) is 29.3. The Morgan fingerprint density at radius 1 is 0.373 bits per heavy atom. The summed E-state index contributed by atoms with van der Waals surface area (Å²) >= 11 is 0. The van der Waals surface area contributed by atoms with Crippen LogP contribution >= 0.6 is 0 Å². The van der Waals surface area contributed by atoms with Crippen molar-refractivity contribution >= 4 is 60.5 Å². The Labute approximate surface area is 342 Å². The van der Waals surface area contributed by atoms with Crippen LogP contribution in [0.2, 0.25) is 0 Å². The van der Waals surface area contributed by atoms with E-state index >= 15 is 0 Å². The molecule has 2 nitrogen and oxygen atoms in total. The molecular formula is C57H37NO. The van der Waals surface area contributed by atoms with Crippen LogP contribution in [-0.4, -0.2) is 0 Å². The van der Waals surface area contributed by atoms with Gasteiger partial charge < -0.3 is 9.32 Å². The lowest BCUT2D eigenvalue weighted by Crippen LogP contribution is -2.28. The molecule has 0 fully saturated rings. The second-order valence-corrected chi connectivity index (χ2v) is 15.6. The second-order valence-electron chi connectivity index (χ2n) is 15.6. The fourth-order valence-corrected chi connectivity index (χ4v) is 10.1. The Morgan fingerprint density at radius 3 is 1.78 bits per heavy atom. The minimum atomic E-state index is -0.527. The maximum atomic E-state index is 6.61. The van der Waals surface area contributed by atoms with E-state index in [1.54, 1.807) is 0 Å². The van der Waals surface area contributed by atoms with E-state index < -0.39 is 5.41 Å². The van der Waals surface area contributed by atoms with Gasteiger partial charge in [-0.05, 0) is 79.9 Å². The van der Waals surface area contributed by atoms with E-state index in [1.165, 1.54) is 54.9 Å². The molecule has 0 unspecified atom stereocenters. The molecular weight excluding hydrogens is 715 g/mol. The highest BCUT2D eigenvalue weighted by Gasteiger charge is 2.47. The molecule has 59 heavy (non-hydrogen) atoms. The maximum absolute atomic E-state index is 6.61. The van der Waals surface area contributed by atoms with Crippen molar-refractivity contribution in [2.75, 3.05) is 4.90 Å². The predicted molar refractivity (Wildman–Crippen MR) is 246 cm³/mol. The largest absolute Gasteiger partial charge is 0.455 e. The van der Waals surface area contributed by atoms with Crippen LogP contribution in [0, 0.1) is 0 Å². The minimum Gasteiger partial charge on any atom is -0.455 e. The van der Waals surface area contributed by atoms with Crippen LogP contribution in [0.3, 0.4) is 0 Å². The molecule has 11 aromatic rings. The zero-order valence-electron chi connectivity index (χ0n) is 32.2. The number of para-hydroxylation sites is 2. The van der Waals surface area contributed by atoms with Gasteiger partial charge in [0.25, 0.3) is 0 Å². The topological polar surface area (TPSA) is 16.4 Å². The first-order valence-corrected chi connectivity index (χ1v) is 20.3. The van der Waals surface area contributed by atoms with Gasteiger partial charge in [0, 0.05) is 33.0 Å². The van der Waals surface area contributed by atoms with Gasteiger partial charge in [0.05, 0.1) is 16.8 Å². The molecule has 0 bridgehead atoms. The summed E-state index contributed by atoms with van der Waals surface area (Å²) in [5.41, 5.74) is 14.3. The van der Waals surface area contributed by atoms with Crippen LogP contribution in [0.5, 0.6) is 0 Å². The summed E-state index contributed by atoms with van der Waals surface area (Å²) in [6.07, 6.45) is 0. The van der Waals surface area contributed by atoms with Crippen molar-refractivity contribution < 1.29 is 4.42 Å². The molecule has 0 spiro atoms. The molecule has 1 heterocycles. The van der Waals surface area contributed by atoms with Gasteiger partial charge in [-0.25, -0.2) is 0 Å². The van der Waals surface area contributed by atoms with Crippen molar-refractivity contribution in [3.63, 3.8) is 0 Å². The fraction of sp³-hybridized carbons (Fsp3) is 0.0175. The van der Waals surface area contributed by atoms with E-state index in [1.807, 2.05) is 6.07 Å². The average Bonchev–Trinajstić information content (AvgIpc) is 3.84. The van der Waals surface area contributed by atoms with Gasteiger partial charge in [-0.2, -0.15) is 0 Å². The van der Waals surface area contributed by atoms with Gasteiger partial charge in [-0.15, -0.1) is 0 Å². The SMILES string of the molecule is c1ccc(C2(c3ccccc3)c3ccccc3-c3c(N(c4cccc(-c5cccc6c5oc5ccccc56)c4)c4cc5ccccc5c5ccccc45)cccc32)cc1.